The molecular formula is C11H18O3. The number of ether oxygens (including phenoxy) is 1. The average Bonchev–Trinajstić information content (AvgIpc) is 2.17. The summed E-state index contributed by atoms with van der Waals surface area (Å²) in [7, 11) is 0. The summed E-state index contributed by atoms with van der Waals surface area (Å²) in [5.41, 5.74) is 0. The first kappa shape index (κ1) is 12.9. The lowest BCUT2D eigenvalue weighted by Gasteiger charge is -2.00. The Morgan fingerprint density at radius 2 is 1.86 bits per heavy atom. The van der Waals surface area contributed by atoms with Gasteiger partial charge in [-0.3, -0.25) is 4.79 Å². The Labute approximate surface area is 85.1 Å². The zero-order valence-electron chi connectivity index (χ0n) is 8.75. The van der Waals surface area contributed by atoms with E-state index in [0.29, 0.717) is 6.42 Å². The number of hydrogen-bond donors (Lipinski definition) is 0. The minimum absolute atomic E-state index is 0.323. The number of carbonyl (C=O) groups is 2. The van der Waals surface area contributed by atoms with Gasteiger partial charge >= 0.3 is 11.9 Å². The van der Waals surface area contributed by atoms with Crippen LogP contribution in [0.1, 0.15) is 45.4 Å². The molecular weight excluding hydrogens is 180 g/mol. The van der Waals surface area contributed by atoms with Crippen molar-refractivity contribution < 1.29 is 14.3 Å². The normalized spacial score (nSPS) is 9.50. The summed E-state index contributed by atoms with van der Waals surface area (Å²) >= 11 is 0. The quantitative estimate of drug-likeness (QED) is 0.273. The van der Waals surface area contributed by atoms with Crippen LogP contribution in [0.2, 0.25) is 0 Å². The van der Waals surface area contributed by atoms with Crippen molar-refractivity contribution in [2.45, 2.75) is 45.4 Å². The van der Waals surface area contributed by atoms with Crippen molar-refractivity contribution in [2.24, 2.45) is 0 Å². The minimum atomic E-state index is -0.663. The van der Waals surface area contributed by atoms with Crippen LogP contribution < -0.4 is 0 Å². The topological polar surface area (TPSA) is 43.4 Å². The predicted octanol–water partition coefficient (Wildman–Crippen LogP) is 2.60. The number of unbranched alkanes of at least 4 members (excludes halogenated alkanes) is 4. The van der Waals surface area contributed by atoms with E-state index < -0.39 is 11.9 Å². The van der Waals surface area contributed by atoms with Crippen molar-refractivity contribution >= 4 is 11.9 Å². The van der Waals surface area contributed by atoms with Gasteiger partial charge in [-0.1, -0.05) is 39.2 Å². The molecule has 0 aliphatic rings. The highest BCUT2D eigenvalue weighted by Gasteiger charge is 2.05. The molecule has 0 saturated carbocycles. The van der Waals surface area contributed by atoms with Gasteiger partial charge in [0.15, 0.2) is 0 Å². The van der Waals surface area contributed by atoms with E-state index in [4.69, 9.17) is 0 Å². The van der Waals surface area contributed by atoms with E-state index in [1.54, 1.807) is 0 Å². The van der Waals surface area contributed by atoms with Crippen molar-refractivity contribution in [2.75, 3.05) is 0 Å². The van der Waals surface area contributed by atoms with Gasteiger partial charge in [0.2, 0.25) is 0 Å². The molecule has 14 heavy (non-hydrogen) atoms. The molecule has 0 aliphatic heterocycles. The summed E-state index contributed by atoms with van der Waals surface area (Å²) in [6, 6.07) is 0. The molecule has 0 aromatic carbocycles. The van der Waals surface area contributed by atoms with E-state index >= 15 is 0 Å². The monoisotopic (exact) mass is 198 g/mol. The van der Waals surface area contributed by atoms with E-state index in [0.717, 1.165) is 25.3 Å². The molecule has 0 rings (SSSR count). The molecule has 3 heteroatoms. The van der Waals surface area contributed by atoms with Gasteiger partial charge in [-0.25, -0.2) is 4.79 Å². The third kappa shape index (κ3) is 7.53. The lowest BCUT2D eigenvalue weighted by Crippen LogP contribution is -2.09. The van der Waals surface area contributed by atoms with E-state index in [1.807, 2.05) is 0 Å². The van der Waals surface area contributed by atoms with Gasteiger partial charge in [0.1, 0.15) is 0 Å². The van der Waals surface area contributed by atoms with Crippen molar-refractivity contribution in [3.05, 3.63) is 12.7 Å². The Bertz CT molecular complexity index is 197. The van der Waals surface area contributed by atoms with Crippen LogP contribution in [0.5, 0.6) is 0 Å². The Kier molecular flexibility index (Phi) is 7.80. The number of hydrogen-bond acceptors (Lipinski definition) is 3. The van der Waals surface area contributed by atoms with Gasteiger partial charge in [0.25, 0.3) is 0 Å². The van der Waals surface area contributed by atoms with Crippen molar-refractivity contribution in [3.8, 4) is 0 Å². The number of esters is 2. The number of carbonyl (C=O) groups excluding carboxylic acids is 2. The van der Waals surface area contributed by atoms with Crippen LogP contribution in [-0.4, -0.2) is 11.9 Å². The first-order valence-electron chi connectivity index (χ1n) is 5.07. The predicted molar refractivity (Wildman–Crippen MR) is 54.7 cm³/mol. The molecule has 3 nitrogen and oxygen atoms in total. The molecule has 0 N–H and O–H groups in total. The molecule has 0 aromatic rings. The summed E-state index contributed by atoms with van der Waals surface area (Å²) in [5, 5.41) is 0. The van der Waals surface area contributed by atoms with Crippen LogP contribution in [-0.2, 0) is 14.3 Å². The maximum atomic E-state index is 11.0. The highest BCUT2D eigenvalue weighted by Crippen LogP contribution is 2.05. The second kappa shape index (κ2) is 8.48. The van der Waals surface area contributed by atoms with Gasteiger partial charge in [-0.2, -0.15) is 0 Å². The molecule has 80 valence electrons. The maximum absolute atomic E-state index is 11.0. The molecule has 0 fully saturated rings. The van der Waals surface area contributed by atoms with Crippen LogP contribution in [0.15, 0.2) is 12.7 Å². The molecule has 0 spiro atoms. The summed E-state index contributed by atoms with van der Waals surface area (Å²) in [6.45, 7) is 5.34. The van der Waals surface area contributed by atoms with E-state index in [2.05, 4.69) is 18.2 Å². The Morgan fingerprint density at radius 1 is 1.21 bits per heavy atom. The fourth-order valence-corrected chi connectivity index (χ4v) is 1.08. The molecule has 0 aromatic heterocycles. The number of rotatable bonds is 7. The van der Waals surface area contributed by atoms with Crippen LogP contribution in [0, 0.1) is 0 Å². The van der Waals surface area contributed by atoms with E-state index in [-0.39, 0.29) is 0 Å². The van der Waals surface area contributed by atoms with Crippen LogP contribution in [0.4, 0.5) is 0 Å². The highest BCUT2D eigenvalue weighted by atomic mass is 16.6. The van der Waals surface area contributed by atoms with E-state index in [9.17, 15) is 9.59 Å². The Hall–Kier alpha value is -1.12. The van der Waals surface area contributed by atoms with Gasteiger partial charge in [-0.15, -0.1) is 0 Å². The molecule has 0 unspecified atom stereocenters. The second-order valence-corrected chi connectivity index (χ2v) is 3.16. The molecule has 0 bridgehead atoms. The average molecular weight is 198 g/mol. The third-order valence-corrected chi connectivity index (χ3v) is 1.87. The fraction of sp³-hybridized carbons (Fsp3) is 0.636. The molecule has 0 radical (unpaired) electrons. The fourth-order valence-electron chi connectivity index (χ4n) is 1.08. The van der Waals surface area contributed by atoms with Gasteiger partial charge in [-0.05, 0) is 6.42 Å². The van der Waals surface area contributed by atoms with Gasteiger partial charge in [0.05, 0.1) is 0 Å². The lowest BCUT2D eigenvalue weighted by atomic mass is 10.1. The zero-order chi connectivity index (χ0) is 10.8. The smallest absolute Gasteiger partial charge is 0.337 e. The van der Waals surface area contributed by atoms with Crippen molar-refractivity contribution in [1.29, 1.82) is 0 Å². The van der Waals surface area contributed by atoms with E-state index in [1.165, 1.54) is 12.8 Å². The first-order chi connectivity index (χ1) is 6.70. The molecule has 0 atom stereocenters. The summed E-state index contributed by atoms with van der Waals surface area (Å²) in [4.78, 5) is 21.6. The van der Waals surface area contributed by atoms with Crippen molar-refractivity contribution in [1.82, 2.24) is 0 Å². The van der Waals surface area contributed by atoms with Gasteiger partial charge < -0.3 is 4.74 Å². The molecule has 0 aliphatic carbocycles. The molecule has 0 saturated heterocycles. The highest BCUT2D eigenvalue weighted by molar-refractivity contribution is 5.91. The summed E-state index contributed by atoms with van der Waals surface area (Å²) in [5.74, 6) is -1.12. The Morgan fingerprint density at radius 3 is 2.43 bits per heavy atom. The zero-order valence-corrected chi connectivity index (χ0v) is 8.75. The van der Waals surface area contributed by atoms with Crippen LogP contribution >= 0.6 is 0 Å². The SMILES string of the molecule is C=CC(=O)OC(=O)CCCCCCC. The second-order valence-electron chi connectivity index (χ2n) is 3.16. The standard InChI is InChI=1S/C11H18O3/c1-3-5-6-7-8-9-11(13)14-10(12)4-2/h4H,2-3,5-9H2,1H3. The Balaban J connectivity index is 3.35. The summed E-state index contributed by atoms with van der Waals surface area (Å²) in [6.07, 6.45) is 6.64. The first-order valence-corrected chi connectivity index (χ1v) is 5.07. The van der Waals surface area contributed by atoms with Gasteiger partial charge in [0, 0.05) is 12.5 Å². The largest absolute Gasteiger partial charge is 0.390 e. The lowest BCUT2D eigenvalue weighted by molar-refractivity contribution is -0.156. The minimum Gasteiger partial charge on any atom is -0.390 e. The summed E-state index contributed by atoms with van der Waals surface area (Å²) < 4.78 is 4.41. The maximum Gasteiger partial charge on any atom is 0.337 e. The van der Waals surface area contributed by atoms with Crippen LogP contribution in [0.3, 0.4) is 0 Å². The molecule has 0 amide bonds. The van der Waals surface area contributed by atoms with Crippen LogP contribution in [0.25, 0.3) is 0 Å². The van der Waals surface area contributed by atoms with Crippen molar-refractivity contribution in [3.63, 3.8) is 0 Å². The molecule has 0 heterocycles. The third-order valence-electron chi connectivity index (χ3n) is 1.87.